The van der Waals surface area contributed by atoms with Gasteiger partial charge in [0.2, 0.25) is 0 Å². The van der Waals surface area contributed by atoms with Crippen LogP contribution in [0.15, 0.2) is 11.8 Å². The quantitative estimate of drug-likeness (QED) is 0.252. The monoisotopic (exact) mass is 219 g/mol. The first kappa shape index (κ1) is 15.7. The van der Waals surface area contributed by atoms with E-state index in [2.05, 4.69) is 18.3 Å². The van der Waals surface area contributed by atoms with E-state index in [0.717, 1.165) is 0 Å². The molecule has 0 bridgehead atoms. The summed E-state index contributed by atoms with van der Waals surface area (Å²) in [5.74, 6) is 0. The van der Waals surface area contributed by atoms with Gasteiger partial charge in [-0.15, -0.1) is 0 Å². The smallest absolute Gasteiger partial charge is 0.759 e. The third-order valence-electron chi connectivity index (χ3n) is 1.10. The largest absolute Gasteiger partial charge is 1.00 e. The van der Waals surface area contributed by atoms with Crippen LogP contribution in [0.25, 0.3) is 0 Å². The molecular formula is C5H10KNO4S. The van der Waals surface area contributed by atoms with Crippen molar-refractivity contribution >= 4 is 10.4 Å². The molecular weight excluding hydrogens is 209 g/mol. The first-order valence-corrected chi connectivity index (χ1v) is 4.39. The summed E-state index contributed by atoms with van der Waals surface area (Å²) >= 11 is 0. The molecule has 0 amide bonds. The molecule has 1 aliphatic rings. The molecule has 0 fully saturated rings. The van der Waals surface area contributed by atoms with Crippen molar-refractivity contribution in [2.45, 2.75) is 13.3 Å². The van der Waals surface area contributed by atoms with Gasteiger partial charge in [-0.1, -0.05) is 0 Å². The number of nitrogens with two attached hydrogens (primary N) is 1. The van der Waals surface area contributed by atoms with Crippen LogP contribution in [0.2, 0.25) is 0 Å². The number of allylic oxidation sites excluding steroid dienone is 1. The van der Waals surface area contributed by atoms with Crippen molar-refractivity contribution in [3.63, 3.8) is 0 Å². The van der Waals surface area contributed by atoms with Gasteiger partial charge in [0, 0.05) is 23.7 Å². The average molecular weight is 219 g/mol. The molecule has 0 atom stereocenters. The first-order chi connectivity index (χ1) is 4.89. The maximum atomic E-state index is 8.52. The Bertz CT molecular complexity index is 228. The van der Waals surface area contributed by atoms with Crippen LogP contribution in [0.1, 0.15) is 13.3 Å². The maximum Gasteiger partial charge on any atom is 1.00 e. The zero-order valence-electron chi connectivity index (χ0n) is 7.11. The van der Waals surface area contributed by atoms with Gasteiger partial charge >= 0.3 is 51.4 Å². The fourth-order valence-corrected chi connectivity index (χ4v) is 0.705. The fraction of sp³-hybridized carbons (Fsp3) is 0.600. The molecule has 0 saturated heterocycles. The Balaban J connectivity index is 0. The molecule has 12 heavy (non-hydrogen) atoms. The van der Waals surface area contributed by atoms with E-state index in [1.165, 1.54) is 18.7 Å². The summed E-state index contributed by atoms with van der Waals surface area (Å²) in [7, 11) is -5.17. The van der Waals surface area contributed by atoms with Gasteiger partial charge in [-0.25, -0.2) is 0 Å². The normalized spacial score (nSPS) is 15.4. The number of rotatable bonds is 0. The molecule has 1 heterocycles. The molecule has 0 aromatic carbocycles. The van der Waals surface area contributed by atoms with Gasteiger partial charge in [0.05, 0.1) is 12.2 Å². The van der Waals surface area contributed by atoms with Crippen molar-refractivity contribution in [2.24, 2.45) is 0 Å². The summed E-state index contributed by atoms with van der Waals surface area (Å²) in [5, 5.41) is 2.26. The summed E-state index contributed by atoms with van der Waals surface area (Å²) < 4.78 is 34.1. The summed E-state index contributed by atoms with van der Waals surface area (Å²) in [4.78, 5) is 0. The Morgan fingerprint density at radius 2 is 1.92 bits per heavy atom. The van der Waals surface area contributed by atoms with E-state index >= 15 is 0 Å². The molecule has 66 valence electrons. The molecule has 5 nitrogen and oxygen atoms in total. The van der Waals surface area contributed by atoms with Crippen LogP contribution >= 0.6 is 0 Å². The molecule has 7 heteroatoms. The molecule has 0 unspecified atom stereocenters. The standard InChI is InChI=1S/C5H9N.K.H2O4S/c1-5-3-2-4-6-5;;1-5(2,3)4/h3,6H,2,4H2,1H3;;(H2,1,2,3,4)/q;+1;/p-1. The minimum absolute atomic E-state index is 0. The van der Waals surface area contributed by atoms with E-state index in [-0.39, 0.29) is 51.4 Å². The van der Waals surface area contributed by atoms with E-state index in [9.17, 15) is 0 Å². The zero-order valence-corrected chi connectivity index (χ0v) is 11.0. The Morgan fingerprint density at radius 1 is 1.50 bits per heavy atom. The number of quaternary nitrogens is 1. The second-order valence-electron chi connectivity index (χ2n) is 2.14. The fourth-order valence-electron chi connectivity index (χ4n) is 0.705. The van der Waals surface area contributed by atoms with Crippen molar-refractivity contribution in [3.8, 4) is 0 Å². The summed E-state index contributed by atoms with van der Waals surface area (Å²) in [6.45, 7) is 3.42. The molecule has 0 radical (unpaired) electrons. The van der Waals surface area contributed by atoms with Crippen LogP contribution in [0, 0.1) is 0 Å². The van der Waals surface area contributed by atoms with Gasteiger partial charge in [0.25, 0.3) is 0 Å². The van der Waals surface area contributed by atoms with Crippen LogP contribution < -0.4 is 56.7 Å². The Hall–Kier alpha value is 1.21. The molecule has 0 spiro atoms. The summed E-state index contributed by atoms with van der Waals surface area (Å²) in [6.07, 6.45) is 3.53. The predicted molar refractivity (Wildman–Crippen MR) is 35.6 cm³/mol. The minimum Gasteiger partial charge on any atom is -0.759 e. The zero-order chi connectivity index (χ0) is 8.91. The molecule has 1 rings (SSSR count). The predicted octanol–water partition coefficient (Wildman–Crippen LogP) is -4.48. The Kier molecular flexibility index (Phi) is 9.92. The Labute approximate surface area is 115 Å². The third kappa shape index (κ3) is 17.3. The van der Waals surface area contributed by atoms with Gasteiger partial charge in [-0.3, -0.25) is 8.42 Å². The summed E-state index contributed by atoms with van der Waals surface area (Å²) in [5.41, 5.74) is 1.45. The van der Waals surface area contributed by atoms with E-state index < -0.39 is 10.4 Å². The van der Waals surface area contributed by atoms with E-state index in [1.54, 1.807) is 0 Å². The van der Waals surface area contributed by atoms with Crippen molar-refractivity contribution < 1.29 is 74.2 Å². The van der Waals surface area contributed by atoms with Crippen LogP contribution in [-0.4, -0.2) is 24.1 Å². The SMILES string of the molecule is CC1=CCC[NH2+]1.O=S(=O)([O-])[O-].[K+]. The van der Waals surface area contributed by atoms with Crippen molar-refractivity contribution in [1.82, 2.24) is 0 Å². The molecule has 2 N–H and O–H groups in total. The van der Waals surface area contributed by atoms with Crippen LogP contribution in [0.3, 0.4) is 0 Å². The van der Waals surface area contributed by atoms with Gasteiger partial charge < -0.3 is 14.4 Å². The van der Waals surface area contributed by atoms with Crippen molar-refractivity contribution in [2.75, 3.05) is 6.54 Å². The molecule has 0 saturated carbocycles. The third-order valence-corrected chi connectivity index (χ3v) is 1.10. The van der Waals surface area contributed by atoms with Crippen LogP contribution in [-0.2, 0) is 10.4 Å². The number of hydrogen-bond donors (Lipinski definition) is 1. The van der Waals surface area contributed by atoms with Crippen molar-refractivity contribution in [3.05, 3.63) is 11.8 Å². The molecule has 0 aromatic rings. The van der Waals surface area contributed by atoms with Gasteiger partial charge in [0.15, 0.2) is 0 Å². The number of hydrogen-bond acceptors (Lipinski definition) is 4. The Morgan fingerprint density at radius 3 is 2.00 bits per heavy atom. The van der Waals surface area contributed by atoms with Gasteiger partial charge in [-0.05, 0) is 6.08 Å². The second kappa shape index (κ2) is 7.60. The van der Waals surface area contributed by atoms with E-state index in [4.69, 9.17) is 17.5 Å². The minimum atomic E-state index is -5.17. The van der Waals surface area contributed by atoms with Gasteiger partial charge in [-0.2, -0.15) is 0 Å². The maximum absolute atomic E-state index is 8.52. The van der Waals surface area contributed by atoms with E-state index in [0.29, 0.717) is 0 Å². The first-order valence-electron chi connectivity index (χ1n) is 3.06. The molecule has 0 aromatic heterocycles. The molecule has 0 aliphatic carbocycles. The van der Waals surface area contributed by atoms with E-state index in [1.807, 2.05) is 0 Å². The van der Waals surface area contributed by atoms with Crippen LogP contribution in [0.4, 0.5) is 0 Å². The summed E-state index contributed by atoms with van der Waals surface area (Å²) in [6, 6.07) is 0. The second-order valence-corrected chi connectivity index (χ2v) is 2.95. The topological polar surface area (TPSA) is 96.9 Å². The molecule has 1 aliphatic heterocycles. The van der Waals surface area contributed by atoms with Crippen LogP contribution in [0.5, 0.6) is 0 Å². The average Bonchev–Trinajstić information content (AvgIpc) is 2.12. The van der Waals surface area contributed by atoms with Gasteiger partial charge in [0.1, 0.15) is 0 Å². The van der Waals surface area contributed by atoms with Crippen molar-refractivity contribution in [1.29, 1.82) is 0 Å².